The summed E-state index contributed by atoms with van der Waals surface area (Å²) in [7, 11) is 1.57. The van der Waals surface area contributed by atoms with Gasteiger partial charge in [-0.25, -0.2) is 24.6 Å². The maximum Gasteiger partial charge on any atom is 0.224 e. The number of nitrogens with two attached hydrogens (primary N) is 1. The van der Waals surface area contributed by atoms with Crippen molar-refractivity contribution in [1.82, 2.24) is 39.5 Å². The van der Waals surface area contributed by atoms with E-state index in [0.717, 1.165) is 28.8 Å². The first-order valence-electron chi connectivity index (χ1n) is 10.1. The molecule has 0 bridgehead atoms. The van der Waals surface area contributed by atoms with Gasteiger partial charge in [0.2, 0.25) is 5.88 Å². The second-order valence-electron chi connectivity index (χ2n) is 7.20. The zero-order valence-electron chi connectivity index (χ0n) is 17.6. The number of nitrogen functional groups attached to an aromatic ring is 1. The number of hydrogen-bond acceptors (Lipinski definition) is 8. The smallest absolute Gasteiger partial charge is 0.224 e. The van der Waals surface area contributed by atoms with E-state index in [-0.39, 0.29) is 6.04 Å². The van der Waals surface area contributed by atoms with Crippen LogP contribution in [0.5, 0.6) is 5.88 Å². The van der Waals surface area contributed by atoms with Crippen molar-refractivity contribution in [2.24, 2.45) is 0 Å². The molecule has 1 aromatic carbocycles. The van der Waals surface area contributed by atoms with Gasteiger partial charge in [-0.2, -0.15) is 0 Å². The minimum absolute atomic E-state index is 0.117. The Hall–Kier alpha value is -4.34. The Balaban J connectivity index is 1.67. The fraction of sp³-hybridized carbons (Fsp3) is 0.182. The van der Waals surface area contributed by atoms with E-state index < -0.39 is 0 Å². The first-order valence-corrected chi connectivity index (χ1v) is 10.1. The van der Waals surface area contributed by atoms with Crippen LogP contribution in [0.1, 0.15) is 25.1 Å². The van der Waals surface area contributed by atoms with Crippen LogP contribution in [-0.2, 0) is 0 Å². The van der Waals surface area contributed by atoms with E-state index in [1.165, 1.54) is 12.7 Å². The number of methoxy groups -OCH3 is 1. The van der Waals surface area contributed by atoms with Gasteiger partial charge in [-0.3, -0.25) is 0 Å². The number of para-hydroxylation sites is 1. The number of hydrogen-bond donors (Lipinski definition) is 1. The summed E-state index contributed by atoms with van der Waals surface area (Å²) >= 11 is 0. The van der Waals surface area contributed by atoms with Gasteiger partial charge in [0.15, 0.2) is 0 Å². The minimum atomic E-state index is -0.117. The lowest BCUT2D eigenvalue weighted by molar-refractivity contribution is 0.398. The third-order valence-corrected chi connectivity index (χ3v) is 5.39. The van der Waals surface area contributed by atoms with Gasteiger partial charge in [0, 0.05) is 18.0 Å². The summed E-state index contributed by atoms with van der Waals surface area (Å²) in [6.45, 7) is 2.09. The van der Waals surface area contributed by atoms with Gasteiger partial charge in [-0.1, -0.05) is 30.3 Å². The molecule has 10 nitrogen and oxygen atoms in total. The molecule has 0 spiro atoms. The van der Waals surface area contributed by atoms with Crippen LogP contribution in [0.4, 0.5) is 5.82 Å². The molecule has 0 aliphatic carbocycles. The van der Waals surface area contributed by atoms with E-state index in [1.807, 2.05) is 42.7 Å². The minimum Gasteiger partial charge on any atom is -0.480 e. The van der Waals surface area contributed by atoms with Crippen LogP contribution < -0.4 is 10.5 Å². The normalized spacial score (nSPS) is 12.2. The van der Waals surface area contributed by atoms with E-state index in [4.69, 9.17) is 10.5 Å². The monoisotopic (exact) mass is 427 g/mol. The molecule has 32 heavy (non-hydrogen) atoms. The summed E-state index contributed by atoms with van der Waals surface area (Å²) in [4.78, 5) is 17.1. The Kier molecular flexibility index (Phi) is 4.94. The van der Waals surface area contributed by atoms with E-state index >= 15 is 0 Å². The molecule has 0 saturated heterocycles. The highest BCUT2D eigenvalue weighted by Gasteiger charge is 2.24. The fourth-order valence-electron chi connectivity index (χ4n) is 3.90. The summed E-state index contributed by atoms with van der Waals surface area (Å²) < 4.78 is 9.27. The Morgan fingerprint density at radius 2 is 1.88 bits per heavy atom. The van der Waals surface area contributed by atoms with Crippen LogP contribution in [0.2, 0.25) is 0 Å². The van der Waals surface area contributed by atoms with E-state index in [0.29, 0.717) is 22.9 Å². The predicted octanol–water partition coefficient (Wildman–Crippen LogP) is 3.06. The Labute approximate surface area is 183 Å². The van der Waals surface area contributed by atoms with Crippen molar-refractivity contribution in [3.8, 4) is 22.7 Å². The lowest BCUT2D eigenvalue weighted by Gasteiger charge is -2.15. The van der Waals surface area contributed by atoms with Gasteiger partial charge in [0.25, 0.3) is 0 Å². The molecule has 0 saturated carbocycles. The Morgan fingerprint density at radius 1 is 1.03 bits per heavy atom. The summed E-state index contributed by atoms with van der Waals surface area (Å²) in [6, 6.07) is 9.75. The molecule has 5 aromatic rings. The highest BCUT2D eigenvalue weighted by atomic mass is 16.5. The first-order chi connectivity index (χ1) is 15.7. The van der Waals surface area contributed by atoms with Gasteiger partial charge >= 0.3 is 0 Å². The van der Waals surface area contributed by atoms with Crippen molar-refractivity contribution in [3.63, 3.8) is 0 Å². The van der Waals surface area contributed by atoms with Crippen molar-refractivity contribution in [3.05, 3.63) is 67.3 Å². The Morgan fingerprint density at radius 3 is 2.66 bits per heavy atom. The molecule has 4 aromatic heterocycles. The molecule has 0 aliphatic heterocycles. The Bertz CT molecular complexity index is 1380. The van der Waals surface area contributed by atoms with Crippen LogP contribution in [-0.4, -0.2) is 46.6 Å². The molecular formula is C22H21N9O. The average molecular weight is 427 g/mol. The molecule has 10 heteroatoms. The highest BCUT2D eigenvalue weighted by Crippen LogP contribution is 2.38. The third-order valence-electron chi connectivity index (χ3n) is 5.39. The molecular weight excluding hydrogens is 406 g/mol. The lowest BCUT2D eigenvalue weighted by atomic mass is 10.1. The quantitative estimate of drug-likeness (QED) is 0.439. The lowest BCUT2D eigenvalue weighted by Crippen LogP contribution is -2.10. The van der Waals surface area contributed by atoms with Crippen LogP contribution in [0.25, 0.3) is 27.8 Å². The largest absolute Gasteiger partial charge is 0.480 e. The number of benzene rings is 1. The predicted molar refractivity (Wildman–Crippen MR) is 119 cm³/mol. The van der Waals surface area contributed by atoms with Gasteiger partial charge in [0.05, 0.1) is 36.0 Å². The summed E-state index contributed by atoms with van der Waals surface area (Å²) in [5.74, 6) is 0.822. The molecule has 0 radical (unpaired) electrons. The van der Waals surface area contributed by atoms with E-state index in [2.05, 4.69) is 41.7 Å². The summed E-state index contributed by atoms with van der Waals surface area (Å²) in [6.07, 6.45) is 9.29. The van der Waals surface area contributed by atoms with E-state index in [9.17, 15) is 0 Å². The van der Waals surface area contributed by atoms with Crippen molar-refractivity contribution >= 4 is 16.9 Å². The zero-order valence-corrected chi connectivity index (χ0v) is 17.6. The van der Waals surface area contributed by atoms with E-state index in [1.54, 1.807) is 18.0 Å². The zero-order chi connectivity index (χ0) is 22.1. The van der Waals surface area contributed by atoms with Gasteiger partial charge in [-0.05, 0) is 18.6 Å². The molecule has 5 rings (SSSR count). The van der Waals surface area contributed by atoms with Gasteiger partial charge < -0.3 is 15.0 Å². The summed E-state index contributed by atoms with van der Waals surface area (Å²) in [5.41, 5.74) is 10.2. The van der Waals surface area contributed by atoms with Crippen molar-refractivity contribution in [2.45, 2.75) is 19.4 Å². The van der Waals surface area contributed by atoms with Crippen molar-refractivity contribution in [1.29, 1.82) is 0 Å². The van der Waals surface area contributed by atoms with Crippen molar-refractivity contribution in [2.75, 3.05) is 12.8 Å². The number of aromatic nitrogens is 8. The number of fused-ring (bicyclic) bond motifs is 1. The first kappa shape index (κ1) is 19.6. The molecule has 1 atom stereocenters. The second-order valence-corrected chi connectivity index (χ2v) is 7.20. The average Bonchev–Trinajstić information content (AvgIpc) is 3.47. The molecule has 0 fully saturated rings. The van der Waals surface area contributed by atoms with Crippen LogP contribution >= 0.6 is 0 Å². The maximum atomic E-state index is 6.28. The SMILES string of the molecule is CCC(c1cn(-c2ccccc2)nn1)n1cc(-c2cncnc2OC)c2c(N)ncnc21. The molecule has 1 unspecified atom stereocenters. The third kappa shape index (κ3) is 3.22. The topological polar surface area (TPSA) is 122 Å². The van der Waals surface area contributed by atoms with Crippen LogP contribution in [0.15, 0.2) is 61.6 Å². The molecule has 0 amide bonds. The highest BCUT2D eigenvalue weighted by molar-refractivity contribution is 6.01. The number of anilines is 1. The maximum absolute atomic E-state index is 6.28. The number of ether oxygens (including phenoxy) is 1. The van der Waals surface area contributed by atoms with Crippen LogP contribution in [0.3, 0.4) is 0 Å². The van der Waals surface area contributed by atoms with Crippen molar-refractivity contribution < 1.29 is 4.74 Å². The molecule has 0 aliphatic rings. The van der Waals surface area contributed by atoms with Crippen LogP contribution in [0, 0.1) is 0 Å². The second kappa shape index (κ2) is 8.06. The number of nitrogens with zero attached hydrogens (tertiary/aromatic N) is 8. The standard InChI is InChI=1S/C22H21N9O/c1-3-18(17-11-31(29-28-17)14-7-5-4-6-8-14)30-10-16(15-9-24-12-27-22(15)32-2)19-20(23)25-13-26-21(19)30/h4-13,18H,3H2,1-2H3,(H2,23,25,26). The fourth-order valence-corrected chi connectivity index (χ4v) is 3.90. The molecule has 2 N–H and O–H groups in total. The van der Waals surface area contributed by atoms with Gasteiger partial charge in [-0.15, -0.1) is 5.10 Å². The number of rotatable bonds is 6. The van der Waals surface area contributed by atoms with Gasteiger partial charge in [0.1, 0.15) is 29.8 Å². The molecule has 160 valence electrons. The summed E-state index contributed by atoms with van der Waals surface area (Å²) in [5, 5.41) is 9.50. The molecule has 4 heterocycles.